The van der Waals surface area contributed by atoms with E-state index in [9.17, 15) is 4.79 Å². The molecule has 0 aromatic carbocycles. The summed E-state index contributed by atoms with van der Waals surface area (Å²) in [5.74, 6) is -0.188. The Morgan fingerprint density at radius 3 is 2.82 bits per heavy atom. The Balaban J connectivity index is 0.000001000. The van der Waals surface area contributed by atoms with Crippen LogP contribution in [0.3, 0.4) is 0 Å². The topological polar surface area (TPSA) is 50.4 Å². The van der Waals surface area contributed by atoms with Crippen LogP contribution < -0.4 is 10.9 Å². The second-order valence-electron chi connectivity index (χ2n) is 2.29. The molecule has 0 aromatic rings. The first-order chi connectivity index (χ1) is 4.84. The van der Waals surface area contributed by atoms with Crippen LogP contribution in [0.1, 0.15) is 12.8 Å². The van der Waals surface area contributed by atoms with E-state index in [-0.39, 0.29) is 24.4 Å². The summed E-state index contributed by atoms with van der Waals surface area (Å²) in [6, 6.07) is -0.154. The first-order valence-corrected chi connectivity index (χ1v) is 3.41. The number of carbonyl (C=O) groups excluding carboxylic acids is 1. The van der Waals surface area contributed by atoms with E-state index in [1.165, 1.54) is 7.11 Å². The summed E-state index contributed by atoms with van der Waals surface area (Å²) < 4.78 is 4.55. The fraction of sp³-hybridized carbons (Fsp3) is 0.833. The lowest BCUT2D eigenvalue weighted by atomic mass is 10.1. The van der Waals surface area contributed by atoms with Crippen molar-refractivity contribution in [1.82, 2.24) is 10.9 Å². The maximum absolute atomic E-state index is 10.8. The third-order valence-corrected chi connectivity index (χ3v) is 1.56. The van der Waals surface area contributed by atoms with Crippen LogP contribution in [0.5, 0.6) is 0 Å². The lowest BCUT2D eigenvalue weighted by Crippen LogP contribution is -2.50. The molecule has 1 saturated heterocycles. The van der Waals surface area contributed by atoms with Crippen molar-refractivity contribution in [2.75, 3.05) is 13.7 Å². The number of hydrazine groups is 1. The van der Waals surface area contributed by atoms with Crippen molar-refractivity contribution in [2.45, 2.75) is 18.9 Å². The first kappa shape index (κ1) is 10.7. The van der Waals surface area contributed by atoms with Gasteiger partial charge in [0.1, 0.15) is 6.04 Å². The molecule has 4 nitrogen and oxygen atoms in total. The number of methoxy groups -OCH3 is 1. The maximum atomic E-state index is 10.8. The van der Waals surface area contributed by atoms with Crippen molar-refractivity contribution in [2.24, 2.45) is 0 Å². The molecule has 1 fully saturated rings. The smallest absolute Gasteiger partial charge is 0.324 e. The molecule has 1 aliphatic rings. The van der Waals surface area contributed by atoms with E-state index in [1.54, 1.807) is 0 Å². The molecule has 1 heterocycles. The van der Waals surface area contributed by atoms with Gasteiger partial charge >= 0.3 is 5.97 Å². The first-order valence-electron chi connectivity index (χ1n) is 3.41. The van der Waals surface area contributed by atoms with Crippen LogP contribution in [-0.2, 0) is 9.53 Å². The van der Waals surface area contributed by atoms with Crippen molar-refractivity contribution >= 4 is 18.4 Å². The van der Waals surface area contributed by atoms with E-state index in [4.69, 9.17) is 0 Å². The molecule has 0 bridgehead atoms. The number of nitrogens with one attached hydrogen (secondary N) is 2. The van der Waals surface area contributed by atoms with E-state index in [2.05, 4.69) is 15.6 Å². The maximum Gasteiger partial charge on any atom is 0.324 e. The number of hydrogen-bond donors (Lipinski definition) is 2. The highest BCUT2D eigenvalue weighted by molar-refractivity contribution is 5.85. The van der Waals surface area contributed by atoms with Crippen molar-refractivity contribution < 1.29 is 9.53 Å². The highest BCUT2D eigenvalue weighted by atomic mass is 35.5. The quantitative estimate of drug-likeness (QED) is 0.551. The zero-order valence-electron chi connectivity index (χ0n) is 6.42. The Kier molecular flexibility index (Phi) is 5.19. The molecule has 2 N–H and O–H groups in total. The molecule has 0 unspecified atom stereocenters. The van der Waals surface area contributed by atoms with Gasteiger partial charge in [0.2, 0.25) is 0 Å². The molecule has 0 aromatic heterocycles. The number of halogens is 1. The largest absolute Gasteiger partial charge is 0.468 e. The van der Waals surface area contributed by atoms with Gasteiger partial charge in [0.15, 0.2) is 0 Å². The fourth-order valence-corrected chi connectivity index (χ4v) is 0.981. The van der Waals surface area contributed by atoms with E-state index in [1.807, 2.05) is 0 Å². The summed E-state index contributed by atoms with van der Waals surface area (Å²) in [7, 11) is 1.40. The molecule has 5 heteroatoms. The Hall–Kier alpha value is -0.320. The number of ether oxygens (including phenoxy) is 1. The number of esters is 1. The molecule has 0 amide bonds. The summed E-state index contributed by atoms with van der Waals surface area (Å²) in [6.07, 6.45) is 1.88. The lowest BCUT2D eigenvalue weighted by molar-refractivity contribution is -0.144. The molecule has 11 heavy (non-hydrogen) atoms. The molecular formula is C6H13ClN2O2. The van der Waals surface area contributed by atoms with E-state index >= 15 is 0 Å². The minimum absolute atomic E-state index is 0. The van der Waals surface area contributed by atoms with Crippen LogP contribution in [0.2, 0.25) is 0 Å². The molecule has 0 aliphatic carbocycles. The minimum Gasteiger partial charge on any atom is -0.468 e. The van der Waals surface area contributed by atoms with Gasteiger partial charge < -0.3 is 4.74 Å². The van der Waals surface area contributed by atoms with Crippen molar-refractivity contribution in [1.29, 1.82) is 0 Å². The van der Waals surface area contributed by atoms with Crippen LogP contribution in [0, 0.1) is 0 Å². The van der Waals surface area contributed by atoms with E-state index < -0.39 is 0 Å². The normalized spacial score (nSPS) is 23.5. The van der Waals surface area contributed by atoms with Crippen LogP contribution in [0.4, 0.5) is 0 Å². The van der Waals surface area contributed by atoms with E-state index in [0.717, 1.165) is 19.4 Å². The van der Waals surface area contributed by atoms with Crippen LogP contribution in [-0.4, -0.2) is 25.7 Å². The van der Waals surface area contributed by atoms with Gasteiger partial charge in [0.25, 0.3) is 0 Å². The monoisotopic (exact) mass is 180 g/mol. The Morgan fingerprint density at radius 2 is 2.36 bits per heavy atom. The average molecular weight is 181 g/mol. The van der Waals surface area contributed by atoms with Crippen LogP contribution in [0.25, 0.3) is 0 Å². The second kappa shape index (κ2) is 5.35. The summed E-state index contributed by atoms with van der Waals surface area (Å²) in [6.45, 7) is 0.924. The molecule has 0 radical (unpaired) electrons. The molecular weight excluding hydrogens is 168 g/mol. The third-order valence-electron chi connectivity index (χ3n) is 1.56. The zero-order valence-corrected chi connectivity index (χ0v) is 7.24. The zero-order chi connectivity index (χ0) is 7.40. The number of carbonyl (C=O) groups is 1. The van der Waals surface area contributed by atoms with Gasteiger partial charge in [-0.15, -0.1) is 12.4 Å². The van der Waals surface area contributed by atoms with Crippen LogP contribution >= 0.6 is 12.4 Å². The summed E-state index contributed by atoms with van der Waals surface area (Å²) in [5.41, 5.74) is 5.74. The molecule has 1 aliphatic heterocycles. The standard InChI is InChI=1S/C6H12N2O2.ClH/c1-10-6(9)5-3-2-4-7-8-5;/h5,7-8H,2-4H2,1H3;1H/t5-;/m1./s1. The Morgan fingerprint density at radius 1 is 1.64 bits per heavy atom. The molecule has 0 saturated carbocycles. The Bertz CT molecular complexity index is 126. The van der Waals surface area contributed by atoms with Gasteiger partial charge in [-0.25, -0.2) is 5.43 Å². The lowest BCUT2D eigenvalue weighted by Gasteiger charge is -2.21. The predicted octanol–water partition coefficient (Wildman–Crippen LogP) is -0.162. The summed E-state index contributed by atoms with van der Waals surface area (Å²) in [5, 5.41) is 0. The number of hydrogen-bond acceptors (Lipinski definition) is 4. The van der Waals surface area contributed by atoms with Crippen molar-refractivity contribution in [3.8, 4) is 0 Å². The highest BCUT2D eigenvalue weighted by Gasteiger charge is 2.20. The summed E-state index contributed by atoms with van der Waals surface area (Å²) >= 11 is 0. The van der Waals surface area contributed by atoms with Crippen molar-refractivity contribution in [3.63, 3.8) is 0 Å². The van der Waals surface area contributed by atoms with Crippen molar-refractivity contribution in [3.05, 3.63) is 0 Å². The van der Waals surface area contributed by atoms with Gasteiger partial charge in [-0.3, -0.25) is 10.2 Å². The third kappa shape index (κ3) is 3.05. The van der Waals surface area contributed by atoms with Gasteiger partial charge in [0, 0.05) is 6.54 Å². The number of rotatable bonds is 1. The van der Waals surface area contributed by atoms with Crippen LogP contribution in [0.15, 0.2) is 0 Å². The predicted molar refractivity (Wildman–Crippen MR) is 43.4 cm³/mol. The second-order valence-corrected chi connectivity index (χ2v) is 2.29. The molecule has 1 rings (SSSR count). The molecule has 66 valence electrons. The van der Waals surface area contributed by atoms with E-state index in [0.29, 0.717) is 0 Å². The van der Waals surface area contributed by atoms with Gasteiger partial charge in [-0.1, -0.05) is 0 Å². The Labute approximate surface area is 72.1 Å². The van der Waals surface area contributed by atoms with Gasteiger partial charge in [-0.05, 0) is 12.8 Å². The minimum atomic E-state index is -0.188. The van der Waals surface area contributed by atoms with Gasteiger partial charge in [0.05, 0.1) is 7.11 Å². The highest BCUT2D eigenvalue weighted by Crippen LogP contribution is 2.00. The SMILES string of the molecule is COC(=O)[C@H]1CCCNN1.Cl. The molecule has 1 atom stereocenters. The molecule has 0 spiro atoms. The fourth-order valence-electron chi connectivity index (χ4n) is 0.981. The average Bonchev–Trinajstić information content (AvgIpc) is 2.05. The van der Waals surface area contributed by atoms with Gasteiger partial charge in [-0.2, -0.15) is 0 Å². The summed E-state index contributed by atoms with van der Waals surface area (Å²) in [4.78, 5) is 10.8.